The summed E-state index contributed by atoms with van der Waals surface area (Å²) in [5.74, 6) is -0.415. The Morgan fingerprint density at radius 3 is 2.42 bits per heavy atom. The van der Waals surface area contributed by atoms with Gasteiger partial charge in [-0.3, -0.25) is 10.6 Å². The third-order valence-corrected chi connectivity index (χ3v) is 6.51. The van der Waals surface area contributed by atoms with Crippen LogP contribution >= 0.6 is 11.6 Å². The number of ether oxygens (including phenoxy) is 5. The number of hydrogen-bond donors (Lipinski definition) is 3. The maximum Gasteiger partial charge on any atom is 0.412 e. The Bertz CT molecular complexity index is 1420. The van der Waals surface area contributed by atoms with E-state index in [4.69, 9.17) is 40.5 Å². The van der Waals surface area contributed by atoms with Crippen molar-refractivity contribution < 1.29 is 42.8 Å². The van der Waals surface area contributed by atoms with Crippen molar-refractivity contribution >= 4 is 35.2 Å². The first-order valence-corrected chi connectivity index (χ1v) is 13.6. The molecule has 226 valence electrons. The molecule has 1 aliphatic heterocycles. The Morgan fingerprint density at radius 1 is 1.00 bits per heavy atom. The van der Waals surface area contributed by atoms with Crippen LogP contribution in [0, 0.1) is 17.1 Å². The summed E-state index contributed by atoms with van der Waals surface area (Å²) in [5.41, 5.74) is 1.65. The van der Waals surface area contributed by atoms with E-state index >= 15 is 0 Å². The summed E-state index contributed by atoms with van der Waals surface area (Å²) in [6.45, 7) is 1.40. The minimum Gasteiger partial charge on any atom is -0.446 e. The lowest BCUT2D eigenvalue weighted by Crippen LogP contribution is -2.61. The summed E-state index contributed by atoms with van der Waals surface area (Å²) in [6.07, 6.45) is -8.13. The number of carbonyl (C=O) groups is 2. The second-order valence-electron chi connectivity index (χ2n) is 9.31. The number of hydrogen-bond acceptors (Lipinski definition) is 9. The highest BCUT2D eigenvalue weighted by atomic mass is 35.5. The van der Waals surface area contributed by atoms with Gasteiger partial charge in [0.15, 0.2) is 12.4 Å². The van der Waals surface area contributed by atoms with Gasteiger partial charge >= 0.3 is 12.2 Å². The lowest BCUT2D eigenvalue weighted by molar-refractivity contribution is -0.309. The first kappa shape index (κ1) is 31.7. The van der Waals surface area contributed by atoms with E-state index in [1.807, 2.05) is 6.07 Å². The number of anilines is 2. The molecule has 1 saturated heterocycles. The van der Waals surface area contributed by atoms with Gasteiger partial charge in [-0.15, -0.1) is 0 Å². The summed E-state index contributed by atoms with van der Waals surface area (Å²) >= 11 is 5.91. The highest BCUT2D eigenvalue weighted by Gasteiger charge is 2.49. The third kappa shape index (κ3) is 9.12. The van der Waals surface area contributed by atoms with Gasteiger partial charge in [0.2, 0.25) is 0 Å². The van der Waals surface area contributed by atoms with E-state index in [0.717, 1.165) is 0 Å². The Labute approximate surface area is 252 Å². The minimum absolute atomic E-state index is 0.0377. The Morgan fingerprint density at radius 2 is 1.72 bits per heavy atom. The van der Waals surface area contributed by atoms with Crippen LogP contribution in [0.5, 0.6) is 0 Å². The fraction of sp³-hybridized carbons (Fsp3) is 0.300. The van der Waals surface area contributed by atoms with Crippen LogP contribution < -0.4 is 10.6 Å². The summed E-state index contributed by atoms with van der Waals surface area (Å²) < 4.78 is 41.8. The van der Waals surface area contributed by atoms with Crippen molar-refractivity contribution in [2.75, 3.05) is 23.8 Å². The maximum absolute atomic E-state index is 13.3. The summed E-state index contributed by atoms with van der Waals surface area (Å²) in [5, 5.41) is 26.0. The number of amides is 2. The molecule has 1 heterocycles. The quantitative estimate of drug-likeness (QED) is 0.280. The zero-order chi connectivity index (χ0) is 30.8. The van der Waals surface area contributed by atoms with Crippen LogP contribution in [0.25, 0.3) is 0 Å². The van der Waals surface area contributed by atoms with E-state index in [0.29, 0.717) is 27.5 Å². The number of nitrogens with one attached hydrogen (secondary N) is 2. The van der Waals surface area contributed by atoms with E-state index in [9.17, 15) is 19.1 Å². The normalized spacial score (nSPS) is 21.3. The van der Waals surface area contributed by atoms with Crippen LogP contribution in [0.1, 0.15) is 18.1 Å². The van der Waals surface area contributed by atoms with Crippen LogP contribution in [0.3, 0.4) is 0 Å². The van der Waals surface area contributed by atoms with E-state index in [-0.39, 0.29) is 13.2 Å². The van der Waals surface area contributed by atoms with Crippen LogP contribution in [-0.4, -0.2) is 61.2 Å². The molecule has 0 bridgehead atoms. The second kappa shape index (κ2) is 15.3. The van der Waals surface area contributed by atoms with Crippen LogP contribution in [-0.2, 0) is 30.3 Å². The topological polar surface area (TPSA) is 148 Å². The number of aliphatic hydroxyl groups excluding tert-OH is 1. The fourth-order valence-electron chi connectivity index (χ4n) is 4.21. The van der Waals surface area contributed by atoms with Gasteiger partial charge in [0.05, 0.1) is 18.2 Å². The van der Waals surface area contributed by atoms with Gasteiger partial charge in [-0.05, 0) is 67.1 Å². The van der Waals surface area contributed by atoms with Crippen LogP contribution in [0.2, 0.25) is 5.02 Å². The molecule has 3 aromatic rings. The Kier molecular flexibility index (Phi) is 11.3. The van der Waals surface area contributed by atoms with Crippen molar-refractivity contribution in [3.8, 4) is 6.07 Å². The number of nitrogens with zero attached hydrogens (tertiary/aromatic N) is 1. The lowest BCUT2D eigenvalue weighted by Gasteiger charge is -2.43. The smallest absolute Gasteiger partial charge is 0.412 e. The van der Waals surface area contributed by atoms with E-state index in [2.05, 4.69) is 10.6 Å². The monoisotopic (exact) mass is 613 g/mol. The summed E-state index contributed by atoms with van der Waals surface area (Å²) in [4.78, 5) is 25.4. The van der Waals surface area contributed by atoms with E-state index < -0.39 is 55.3 Å². The standard InChI is InChI=1S/C30H29ClFN3O8/c1-2-39-28-27(40-16-18-6-10-21(32)11-7-18)25(36)26(43-30(38)34-22-12-8-20(31)9-13-22)24(42-28)17-41-29(37)35-23-5-3-4-19(14-23)15-33/h3-14,24-28,36H,2,16-17H2,1H3,(H,34,38)(H,35,37)/t24-,25+,26-,27-,28-/m1/s1. The van der Waals surface area contributed by atoms with Gasteiger partial charge < -0.3 is 28.8 Å². The van der Waals surface area contributed by atoms with Crippen molar-refractivity contribution in [1.82, 2.24) is 0 Å². The number of nitriles is 1. The molecule has 0 radical (unpaired) electrons. The third-order valence-electron chi connectivity index (χ3n) is 6.25. The van der Waals surface area contributed by atoms with Gasteiger partial charge in [-0.2, -0.15) is 5.26 Å². The number of halogens is 2. The zero-order valence-electron chi connectivity index (χ0n) is 22.9. The molecule has 11 nitrogen and oxygen atoms in total. The maximum atomic E-state index is 13.3. The number of carbonyl (C=O) groups excluding carboxylic acids is 2. The predicted octanol–water partition coefficient (Wildman–Crippen LogP) is 5.22. The molecule has 0 saturated carbocycles. The van der Waals surface area contributed by atoms with Gasteiger partial charge in [0.25, 0.3) is 0 Å². The summed E-state index contributed by atoms with van der Waals surface area (Å²) in [6, 6.07) is 20.0. The Balaban J connectivity index is 1.49. The largest absolute Gasteiger partial charge is 0.446 e. The van der Waals surface area contributed by atoms with Crippen molar-refractivity contribution in [1.29, 1.82) is 5.26 Å². The molecule has 0 spiro atoms. The average molecular weight is 614 g/mol. The molecule has 0 aromatic heterocycles. The molecule has 3 N–H and O–H groups in total. The number of benzene rings is 3. The van der Waals surface area contributed by atoms with Crippen LogP contribution in [0.15, 0.2) is 72.8 Å². The lowest BCUT2D eigenvalue weighted by atomic mass is 9.98. The molecule has 1 aliphatic rings. The van der Waals surface area contributed by atoms with Crippen molar-refractivity contribution in [2.24, 2.45) is 0 Å². The zero-order valence-corrected chi connectivity index (χ0v) is 23.7. The molecule has 13 heteroatoms. The van der Waals surface area contributed by atoms with E-state index in [1.54, 1.807) is 49.4 Å². The molecular formula is C30H29ClFN3O8. The molecule has 0 unspecified atom stereocenters. The number of aliphatic hydroxyl groups is 1. The average Bonchev–Trinajstić information content (AvgIpc) is 2.99. The predicted molar refractivity (Wildman–Crippen MR) is 153 cm³/mol. The molecule has 43 heavy (non-hydrogen) atoms. The molecule has 4 rings (SSSR count). The van der Waals surface area contributed by atoms with E-state index in [1.165, 1.54) is 30.3 Å². The molecular weight excluding hydrogens is 585 g/mol. The van der Waals surface area contributed by atoms with Gasteiger partial charge in [-0.25, -0.2) is 14.0 Å². The van der Waals surface area contributed by atoms with Crippen molar-refractivity contribution in [3.63, 3.8) is 0 Å². The highest BCUT2D eigenvalue weighted by molar-refractivity contribution is 6.30. The van der Waals surface area contributed by atoms with Crippen LogP contribution in [0.4, 0.5) is 25.4 Å². The number of rotatable bonds is 10. The van der Waals surface area contributed by atoms with Gasteiger partial charge in [-0.1, -0.05) is 29.8 Å². The van der Waals surface area contributed by atoms with Gasteiger partial charge in [0, 0.05) is 23.0 Å². The molecule has 2 amide bonds. The SMILES string of the molecule is CCO[C@@H]1O[C@H](COC(=O)Nc2cccc(C#N)c2)[C@@H](OC(=O)Nc2ccc(Cl)cc2)[C@H](O)[C@H]1OCc1ccc(F)cc1. The molecule has 3 aromatic carbocycles. The fourth-order valence-corrected chi connectivity index (χ4v) is 4.33. The first-order valence-electron chi connectivity index (χ1n) is 13.2. The second-order valence-corrected chi connectivity index (χ2v) is 9.75. The molecule has 1 fully saturated rings. The molecule has 0 aliphatic carbocycles. The van der Waals surface area contributed by atoms with Crippen molar-refractivity contribution in [3.05, 3.63) is 94.8 Å². The van der Waals surface area contributed by atoms with Crippen molar-refractivity contribution in [2.45, 2.75) is 44.2 Å². The first-order chi connectivity index (χ1) is 20.7. The minimum atomic E-state index is -1.49. The highest BCUT2D eigenvalue weighted by Crippen LogP contribution is 2.29. The Hall–Kier alpha value is -4.25. The molecule has 5 atom stereocenters. The summed E-state index contributed by atoms with van der Waals surface area (Å²) in [7, 11) is 0. The van der Waals surface area contributed by atoms with Gasteiger partial charge in [0.1, 0.15) is 30.7 Å².